The van der Waals surface area contributed by atoms with E-state index >= 15 is 0 Å². The Morgan fingerprint density at radius 1 is 1.39 bits per heavy atom. The zero-order chi connectivity index (χ0) is 13.0. The smallest absolute Gasteiger partial charge is 0.251 e. The molecule has 0 aliphatic heterocycles. The molecular weight excluding hydrogens is 233 g/mol. The van der Waals surface area contributed by atoms with Gasteiger partial charge in [-0.3, -0.25) is 9.78 Å². The van der Waals surface area contributed by atoms with Crippen LogP contribution in [0.5, 0.6) is 0 Å². The second-order valence-electron chi connectivity index (χ2n) is 3.85. The summed E-state index contributed by atoms with van der Waals surface area (Å²) in [5.74, 6) is -0.991. The summed E-state index contributed by atoms with van der Waals surface area (Å²) < 4.78 is 12.9. The van der Waals surface area contributed by atoms with E-state index in [0.717, 1.165) is 17.2 Å². The molecule has 0 saturated carbocycles. The zero-order valence-corrected chi connectivity index (χ0v) is 9.85. The lowest BCUT2D eigenvalue weighted by Crippen LogP contribution is -2.23. The number of aromatic nitrogens is 2. The third kappa shape index (κ3) is 2.88. The number of carbonyl (C=O) groups is 1. The third-order valence-corrected chi connectivity index (χ3v) is 2.56. The van der Waals surface area contributed by atoms with Gasteiger partial charge in [0, 0.05) is 36.8 Å². The number of hydrogen-bond acceptors (Lipinski definition) is 3. The minimum atomic E-state index is -0.664. The molecule has 0 aliphatic rings. The fourth-order valence-electron chi connectivity index (χ4n) is 1.52. The van der Waals surface area contributed by atoms with Gasteiger partial charge in [-0.05, 0) is 30.2 Å². The van der Waals surface area contributed by atoms with Crippen molar-refractivity contribution in [2.24, 2.45) is 0 Å². The Morgan fingerprint density at radius 3 is 2.94 bits per heavy atom. The summed E-state index contributed by atoms with van der Waals surface area (Å²) in [4.78, 5) is 19.1. The van der Waals surface area contributed by atoms with Crippen LogP contribution in [0.4, 0.5) is 4.39 Å². The fourth-order valence-corrected chi connectivity index (χ4v) is 1.52. The third-order valence-electron chi connectivity index (χ3n) is 2.56. The summed E-state index contributed by atoms with van der Waals surface area (Å²) in [6.45, 7) is 2.30. The second-order valence-corrected chi connectivity index (χ2v) is 3.85. The molecule has 18 heavy (non-hydrogen) atoms. The Bertz CT molecular complexity index is 572. The quantitative estimate of drug-likeness (QED) is 0.840. The molecule has 2 aromatic heterocycles. The van der Waals surface area contributed by atoms with Crippen LogP contribution in [0, 0.1) is 12.9 Å². The summed E-state index contributed by atoms with van der Waals surface area (Å²) >= 11 is 0. The Morgan fingerprint density at radius 2 is 2.22 bits per heavy atom. The molecule has 0 aliphatic carbocycles. The highest BCUT2D eigenvalue weighted by Gasteiger charge is 2.07. The van der Waals surface area contributed by atoms with E-state index in [1.54, 1.807) is 12.4 Å². The lowest BCUT2D eigenvalue weighted by Gasteiger charge is -2.07. The van der Waals surface area contributed by atoms with Gasteiger partial charge in [-0.2, -0.15) is 4.39 Å². The van der Waals surface area contributed by atoms with E-state index in [0.29, 0.717) is 6.54 Å². The molecule has 5 heteroatoms. The van der Waals surface area contributed by atoms with Gasteiger partial charge in [0.05, 0.1) is 0 Å². The summed E-state index contributed by atoms with van der Waals surface area (Å²) in [7, 11) is 0. The molecule has 0 saturated heterocycles. The van der Waals surface area contributed by atoms with Gasteiger partial charge in [0.15, 0.2) is 0 Å². The first-order valence-electron chi connectivity index (χ1n) is 5.46. The van der Waals surface area contributed by atoms with Gasteiger partial charge in [-0.15, -0.1) is 0 Å². The maximum atomic E-state index is 12.9. The van der Waals surface area contributed by atoms with E-state index in [-0.39, 0.29) is 11.5 Å². The van der Waals surface area contributed by atoms with E-state index in [2.05, 4.69) is 15.3 Å². The molecule has 92 valence electrons. The van der Waals surface area contributed by atoms with Crippen molar-refractivity contribution >= 4 is 5.91 Å². The first-order chi connectivity index (χ1) is 8.66. The fraction of sp³-hybridized carbons (Fsp3) is 0.154. The van der Waals surface area contributed by atoms with Crippen LogP contribution in [-0.4, -0.2) is 15.9 Å². The van der Waals surface area contributed by atoms with Gasteiger partial charge in [0.25, 0.3) is 5.91 Å². The molecule has 2 rings (SSSR count). The average Bonchev–Trinajstić information content (AvgIpc) is 2.37. The normalized spacial score (nSPS) is 10.1. The maximum absolute atomic E-state index is 12.9. The van der Waals surface area contributed by atoms with E-state index in [1.807, 2.05) is 13.0 Å². The van der Waals surface area contributed by atoms with Gasteiger partial charge in [0.2, 0.25) is 5.95 Å². The first-order valence-corrected chi connectivity index (χ1v) is 5.46. The minimum Gasteiger partial charge on any atom is -0.348 e. The van der Waals surface area contributed by atoms with Crippen molar-refractivity contribution in [2.45, 2.75) is 13.5 Å². The largest absolute Gasteiger partial charge is 0.348 e. The van der Waals surface area contributed by atoms with Gasteiger partial charge >= 0.3 is 0 Å². The second kappa shape index (κ2) is 5.35. The number of amides is 1. The molecule has 1 amide bonds. The predicted octanol–water partition coefficient (Wildman–Crippen LogP) is 1.85. The molecule has 0 spiro atoms. The molecule has 0 radical (unpaired) electrons. The predicted molar refractivity (Wildman–Crippen MR) is 64.3 cm³/mol. The van der Waals surface area contributed by atoms with Gasteiger partial charge < -0.3 is 5.32 Å². The van der Waals surface area contributed by atoms with Crippen molar-refractivity contribution < 1.29 is 9.18 Å². The number of halogens is 1. The molecule has 4 nitrogen and oxygen atoms in total. The molecule has 1 N–H and O–H groups in total. The maximum Gasteiger partial charge on any atom is 0.251 e. The number of nitrogens with one attached hydrogen (secondary N) is 1. The molecule has 0 aromatic carbocycles. The number of nitrogens with zero attached hydrogens (tertiary/aromatic N) is 2. The zero-order valence-electron chi connectivity index (χ0n) is 9.85. The van der Waals surface area contributed by atoms with Crippen molar-refractivity contribution in [1.29, 1.82) is 0 Å². The monoisotopic (exact) mass is 245 g/mol. The Hall–Kier alpha value is -2.30. The lowest BCUT2D eigenvalue weighted by molar-refractivity contribution is 0.0950. The summed E-state index contributed by atoms with van der Waals surface area (Å²) in [5.41, 5.74) is 2.24. The van der Waals surface area contributed by atoms with E-state index in [1.165, 1.54) is 12.3 Å². The highest BCUT2D eigenvalue weighted by Crippen LogP contribution is 2.05. The lowest BCUT2D eigenvalue weighted by atomic mass is 10.1. The van der Waals surface area contributed by atoms with Crippen LogP contribution in [0.2, 0.25) is 0 Å². The number of hydrogen-bond donors (Lipinski definition) is 1. The highest BCUT2D eigenvalue weighted by molar-refractivity contribution is 5.93. The summed E-state index contributed by atoms with van der Waals surface area (Å²) in [6, 6.07) is 4.41. The van der Waals surface area contributed by atoms with E-state index < -0.39 is 5.95 Å². The number of pyridine rings is 2. The Labute approximate surface area is 104 Å². The minimum absolute atomic E-state index is 0.259. The molecule has 2 heterocycles. The van der Waals surface area contributed by atoms with Gasteiger partial charge in [0.1, 0.15) is 0 Å². The van der Waals surface area contributed by atoms with Crippen molar-refractivity contribution in [2.75, 3.05) is 0 Å². The van der Waals surface area contributed by atoms with Crippen molar-refractivity contribution in [1.82, 2.24) is 15.3 Å². The van der Waals surface area contributed by atoms with Crippen LogP contribution in [-0.2, 0) is 6.54 Å². The number of aryl methyl sites for hydroxylation is 1. The number of carbonyl (C=O) groups excluding carboxylic acids is 1. The van der Waals surface area contributed by atoms with Crippen LogP contribution >= 0.6 is 0 Å². The van der Waals surface area contributed by atoms with Crippen molar-refractivity contribution in [3.8, 4) is 0 Å². The van der Waals surface area contributed by atoms with Gasteiger partial charge in [-0.25, -0.2) is 4.98 Å². The number of rotatable bonds is 3. The van der Waals surface area contributed by atoms with Crippen LogP contribution < -0.4 is 5.32 Å². The average molecular weight is 245 g/mol. The van der Waals surface area contributed by atoms with Crippen LogP contribution in [0.1, 0.15) is 21.5 Å². The van der Waals surface area contributed by atoms with E-state index in [4.69, 9.17) is 0 Å². The molecule has 0 atom stereocenters. The van der Waals surface area contributed by atoms with Crippen LogP contribution in [0.25, 0.3) is 0 Å². The van der Waals surface area contributed by atoms with E-state index in [9.17, 15) is 9.18 Å². The molecule has 0 unspecified atom stereocenters. The van der Waals surface area contributed by atoms with Gasteiger partial charge in [-0.1, -0.05) is 0 Å². The Balaban J connectivity index is 2.03. The first kappa shape index (κ1) is 12.2. The molecule has 0 fully saturated rings. The highest BCUT2D eigenvalue weighted by atomic mass is 19.1. The molecule has 2 aromatic rings. The van der Waals surface area contributed by atoms with Crippen LogP contribution in [0.15, 0.2) is 36.8 Å². The SMILES string of the molecule is Cc1cnccc1CNC(=O)c1ccnc(F)c1. The van der Waals surface area contributed by atoms with Crippen molar-refractivity contribution in [3.63, 3.8) is 0 Å². The van der Waals surface area contributed by atoms with Crippen LogP contribution in [0.3, 0.4) is 0 Å². The van der Waals surface area contributed by atoms with Crippen molar-refractivity contribution in [3.05, 3.63) is 59.4 Å². The Kier molecular flexibility index (Phi) is 3.62. The summed E-state index contributed by atoms with van der Waals surface area (Å²) in [6.07, 6.45) is 4.66. The molecule has 0 bridgehead atoms. The molecular formula is C13H12FN3O. The standard InChI is InChI=1S/C13H12FN3O/c1-9-7-15-4-2-11(9)8-17-13(18)10-3-5-16-12(14)6-10/h2-7H,8H2,1H3,(H,17,18). The topological polar surface area (TPSA) is 54.9 Å². The summed E-state index contributed by atoms with van der Waals surface area (Å²) in [5, 5.41) is 2.72.